The number of hydrogen-bond donors (Lipinski definition) is 2. The maximum atomic E-state index is 3.98. The lowest BCUT2D eigenvalue weighted by molar-refractivity contribution is 1.02. The zero-order chi connectivity index (χ0) is 13.2. The molecule has 0 fully saturated rings. The first kappa shape index (κ1) is 14.0. The van der Waals surface area contributed by atoms with E-state index < -0.39 is 0 Å². The molecule has 1 heterocycles. The Balaban J connectivity index is 0.000000771. The van der Waals surface area contributed by atoms with Gasteiger partial charge >= 0.3 is 0 Å². The Morgan fingerprint density at radius 1 is 1.00 bits per heavy atom. The summed E-state index contributed by atoms with van der Waals surface area (Å²) in [5.74, 6) is 0. The molecule has 1 aromatic rings. The van der Waals surface area contributed by atoms with E-state index in [4.69, 9.17) is 0 Å². The zero-order valence-electron chi connectivity index (χ0n) is 11.3. The van der Waals surface area contributed by atoms with Crippen molar-refractivity contribution in [3.05, 3.63) is 60.2 Å². The summed E-state index contributed by atoms with van der Waals surface area (Å²) >= 11 is 0. The highest BCUT2D eigenvalue weighted by atomic mass is 14.9. The molecule has 2 rings (SSSR count). The third-order valence-corrected chi connectivity index (χ3v) is 2.38. The van der Waals surface area contributed by atoms with Gasteiger partial charge in [0.15, 0.2) is 0 Å². The first-order valence-electron chi connectivity index (χ1n) is 6.31. The molecule has 3 nitrogen and oxygen atoms in total. The van der Waals surface area contributed by atoms with Crippen molar-refractivity contribution in [1.82, 2.24) is 10.3 Å². The third-order valence-electron chi connectivity index (χ3n) is 2.38. The summed E-state index contributed by atoms with van der Waals surface area (Å²) in [7, 11) is 1.93. The van der Waals surface area contributed by atoms with Gasteiger partial charge in [0.2, 0.25) is 0 Å². The van der Waals surface area contributed by atoms with E-state index in [1.165, 1.54) is 0 Å². The minimum Gasteiger partial charge on any atom is -0.388 e. The van der Waals surface area contributed by atoms with Crippen LogP contribution in [0.15, 0.2) is 60.2 Å². The Bertz CT molecular complexity index is 430. The molecule has 0 radical (unpaired) electrons. The number of pyridine rings is 1. The largest absolute Gasteiger partial charge is 0.388 e. The van der Waals surface area contributed by atoms with Crippen LogP contribution >= 0.6 is 0 Å². The molecule has 1 aliphatic rings. The molecule has 1 aromatic heterocycles. The fourth-order valence-electron chi connectivity index (χ4n) is 1.51. The van der Waals surface area contributed by atoms with Gasteiger partial charge in [-0.3, -0.25) is 4.98 Å². The average molecular weight is 243 g/mol. The van der Waals surface area contributed by atoms with Gasteiger partial charge in [-0.1, -0.05) is 26.0 Å². The Kier molecular flexibility index (Phi) is 6.33. The van der Waals surface area contributed by atoms with E-state index in [9.17, 15) is 0 Å². The molecule has 0 amide bonds. The number of allylic oxidation sites excluding steroid dienone is 4. The highest BCUT2D eigenvalue weighted by molar-refractivity contribution is 5.50. The van der Waals surface area contributed by atoms with Crippen LogP contribution in [0.1, 0.15) is 20.3 Å². The fourth-order valence-corrected chi connectivity index (χ4v) is 1.51. The zero-order valence-corrected chi connectivity index (χ0v) is 11.3. The molecule has 18 heavy (non-hydrogen) atoms. The number of rotatable bonds is 3. The van der Waals surface area contributed by atoms with Crippen molar-refractivity contribution >= 4 is 5.69 Å². The van der Waals surface area contributed by atoms with Crippen LogP contribution < -0.4 is 10.6 Å². The second-order valence-corrected chi connectivity index (χ2v) is 3.50. The van der Waals surface area contributed by atoms with Crippen molar-refractivity contribution in [3.8, 4) is 0 Å². The molecule has 0 unspecified atom stereocenters. The van der Waals surface area contributed by atoms with Gasteiger partial charge in [-0.25, -0.2) is 0 Å². The summed E-state index contributed by atoms with van der Waals surface area (Å²) in [5.41, 5.74) is 3.30. The number of anilines is 1. The summed E-state index contributed by atoms with van der Waals surface area (Å²) in [6.07, 6.45) is 12.9. The summed E-state index contributed by atoms with van der Waals surface area (Å²) < 4.78 is 0. The minimum atomic E-state index is 0.927. The minimum absolute atomic E-state index is 0.927. The van der Waals surface area contributed by atoms with Gasteiger partial charge in [-0.2, -0.15) is 0 Å². The van der Waals surface area contributed by atoms with E-state index in [-0.39, 0.29) is 0 Å². The first-order valence-corrected chi connectivity index (χ1v) is 6.31. The maximum Gasteiger partial charge on any atom is 0.0415 e. The predicted octanol–water partition coefficient (Wildman–Crippen LogP) is 3.47. The van der Waals surface area contributed by atoms with Crippen LogP contribution in [0.25, 0.3) is 0 Å². The summed E-state index contributed by atoms with van der Waals surface area (Å²) in [6, 6.07) is 3.90. The normalized spacial score (nSPS) is 13.5. The van der Waals surface area contributed by atoms with E-state index in [0.29, 0.717) is 0 Å². The summed E-state index contributed by atoms with van der Waals surface area (Å²) in [4.78, 5) is 3.98. The first-order chi connectivity index (χ1) is 8.88. The number of nitrogens with zero attached hydrogens (tertiary/aromatic N) is 1. The van der Waals surface area contributed by atoms with Crippen LogP contribution in [0.5, 0.6) is 0 Å². The molecule has 0 saturated carbocycles. The van der Waals surface area contributed by atoms with Gasteiger partial charge in [-0.05, 0) is 30.7 Å². The monoisotopic (exact) mass is 243 g/mol. The van der Waals surface area contributed by atoms with Crippen LogP contribution in [0.4, 0.5) is 5.69 Å². The lowest BCUT2D eigenvalue weighted by Gasteiger charge is -2.05. The predicted molar refractivity (Wildman–Crippen MR) is 78.2 cm³/mol. The molecule has 3 heteroatoms. The molecular weight excluding hydrogens is 222 g/mol. The van der Waals surface area contributed by atoms with Crippen molar-refractivity contribution in [2.24, 2.45) is 0 Å². The molecule has 0 bridgehead atoms. The lowest BCUT2D eigenvalue weighted by Crippen LogP contribution is -2.02. The highest BCUT2D eigenvalue weighted by Gasteiger charge is 1.97. The van der Waals surface area contributed by atoms with Crippen molar-refractivity contribution in [2.45, 2.75) is 20.3 Å². The topological polar surface area (TPSA) is 37.0 Å². The van der Waals surface area contributed by atoms with Crippen molar-refractivity contribution in [3.63, 3.8) is 0 Å². The standard InChI is InChI=1S/C13H15N3.C2H6/c1-14-11-3-2-4-12(6-5-11)16-13-7-9-15-10-8-13;1-2/h3-10,14H,2H2,1H3,(H,15,16);1-2H3. The van der Waals surface area contributed by atoms with E-state index in [2.05, 4.69) is 39.9 Å². The van der Waals surface area contributed by atoms with Crippen LogP contribution in [0.2, 0.25) is 0 Å². The SMILES string of the molecule is CC.CNC1=CCC=C(Nc2ccncc2)C=C1. The molecule has 0 aliphatic heterocycles. The molecule has 1 aliphatic carbocycles. The Hall–Kier alpha value is -2.03. The Labute approximate surface area is 109 Å². The van der Waals surface area contributed by atoms with Crippen molar-refractivity contribution in [2.75, 3.05) is 12.4 Å². The van der Waals surface area contributed by atoms with Crippen LogP contribution in [-0.2, 0) is 0 Å². The summed E-state index contributed by atoms with van der Waals surface area (Å²) in [5, 5.41) is 6.47. The Morgan fingerprint density at radius 3 is 2.28 bits per heavy atom. The molecular formula is C15H21N3. The van der Waals surface area contributed by atoms with Crippen molar-refractivity contribution in [1.29, 1.82) is 0 Å². The van der Waals surface area contributed by atoms with E-state index in [1.807, 2.05) is 33.0 Å². The molecule has 96 valence electrons. The van der Waals surface area contributed by atoms with Gasteiger partial charge < -0.3 is 10.6 Å². The van der Waals surface area contributed by atoms with Gasteiger partial charge in [0, 0.05) is 36.5 Å². The lowest BCUT2D eigenvalue weighted by atomic mass is 10.3. The number of nitrogens with one attached hydrogen (secondary N) is 2. The van der Waals surface area contributed by atoms with Gasteiger partial charge in [0.25, 0.3) is 0 Å². The molecule has 2 N–H and O–H groups in total. The molecule has 0 saturated heterocycles. The fraction of sp³-hybridized carbons (Fsp3) is 0.267. The second kappa shape index (κ2) is 8.12. The maximum absolute atomic E-state index is 3.98. The van der Waals surface area contributed by atoms with Crippen LogP contribution in [-0.4, -0.2) is 12.0 Å². The van der Waals surface area contributed by atoms with Gasteiger partial charge in [0.05, 0.1) is 0 Å². The molecule has 0 spiro atoms. The molecule has 0 aromatic carbocycles. The van der Waals surface area contributed by atoms with E-state index >= 15 is 0 Å². The van der Waals surface area contributed by atoms with Crippen LogP contribution in [0, 0.1) is 0 Å². The third kappa shape index (κ3) is 4.45. The van der Waals surface area contributed by atoms with Gasteiger partial charge in [0.1, 0.15) is 0 Å². The smallest absolute Gasteiger partial charge is 0.0415 e. The van der Waals surface area contributed by atoms with Crippen molar-refractivity contribution < 1.29 is 0 Å². The highest BCUT2D eigenvalue weighted by Crippen LogP contribution is 2.12. The number of hydrogen-bond acceptors (Lipinski definition) is 3. The van der Waals surface area contributed by atoms with Gasteiger partial charge in [-0.15, -0.1) is 0 Å². The number of likely N-dealkylation sites (N-methyl/N-ethyl adjacent to an activating group) is 1. The average Bonchev–Trinajstić information content (AvgIpc) is 2.67. The van der Waals surface area contributed by atoms with E-state index in [0.717, 1.165) is 23.5 Å². The summed E-state index contributed by atoms with van der Waals surface area (Å²) in [6.45, 7) is 4.00. The Morgan fingerprint density at radius 2 is 1.61 bits per heavy atom. The quantitative estimate of drug-likeness (QED) is 0.853. The van der Waals surface area contributed by atoms with E-state index in [1.54, 1.807) is 12.4 Å². The van der Waals surface area contributed by atoms with Crippen LogP contribution in [0.3, 0.4) is 0 Å². The molecule has 0 atom stereocenters. The number of aromatic nitrogens is 1. The second-order valence-electron chi connectivity index (χ2n) is 3.50.